The molecule has 1 aliphatic heterocycles. The molecular formula is C17H21N3O2S. The summed E-state index contributed by atoms with van der Waals surface area (Å²) in [6.45, 7) is 1.65. The number of fused-ring (bicyclic) bond motifs is 3. The van der Waals surface area contributed by atoms with Crippen LogP contribution < -0.4 is 4.90 Å². The highest BCUT2D eigenvalue weighted by Gasteiger charge is 2.29. The highest BCUT2D eigenvalue weighted by Crippen LogP contribution is 2.40. The Morgan fingerprint density at radius 3 is 3.04 bits per heavy atom. The quantitative estimate of drug-likeness (QED) is 0.792. The number of rotatable bonds is 2. The van der Waals surface area contributed by atoms with Crippen LogP contribution in [0.4, 0.5) is 5.82 Å². The van der Waals surface area contributed by atoms with E-state index < -0.39 is 0 Å². The van der Waals surface area contributed by atoms with Gasteiger partial charge in [0.25, 0.3) is 0 Å². The summed E-state index contributed by atoms with van der Waals surface area (Å²) in [6.07, 6.45) is 8.39. The number of hydrogen-bond donors (Lipinski definition) is 0. The topological polar surface area (TPSA) is 55.3 Å². The van der Waals surface area contributed by atoms with Crippen molar-refractivity contribution in [1.82, 2.24) is 9.97 Å². The van der Waals surface area contributed by atoms with E-state index in [4.69, 9.17) is 4.74 Å². The summed E-state index contributed by atoms with van der Waals surface area (Å²) in [5.41, 5.74) is 1.45. The first kappa shape index (κ1) is 14.9. The number of carbonyl (C=O) groups is 1. The zero-order valence-corrected chi connectivity index (χ0v) is 14.2. The standard InChI is InChI=1S/C17H21N3O2S/c1-22-17(21)11-5-4-8-20(9-11)15-14-12-6-2-3-7-13(12)23-16(14)19-10-18-15/h10-11H,2-9H2,1H3/t11-/m0/s1. The molecule has 4 rings (SSSR count). The smallest absolute Gasteiger partial charge is 0.310 e. The average molecular weight is 331 g/mol. The molecule has 6 heteroatoms. The molecular weight excluding hydrogens is 310 g/mol. The fourth-order valence-corrected chi connectivity index (χ4v) is 5.07. The second kappa shape index (κ2) is 6.07. The maximum Gasteiger partial charge on any atom is 0.310 e. The van der Waals surface area contributed by atoms with Gasteiger partial charge in [-0.25, -0.2) is 9.97 Å². The van der Waals surface area contributed by atoms with E-state index in [1.54, 1.807) is 6.33 Å². The Labute approximate surface area is 139 Å². The first-order chi connectivity index (χ1) is 11.3. The Kier molecular flexibility index (Phi) is 3.93. The highest BCUT2D eigenvalue weighted by atomic mass is 32.1. The van der Waals surface area contributed by atoms with Crippen molar-refractivity contribution in [2.24, 2.45) is 5.92 Å². The SMILES string of the molecule is COC(=O)[C@H]1CCCN(c2ncnc3sc4c(c23)CCCC4)C1. The van der Waals surface area contributed by atoms with Crippen molar-refractivity contribution in [2.75, 3.05) is 25.1 Å². The van der Waals surface area contributed by atoms with E-state index in [0.717, 1.165) is 36.5 Å². The Balaban J connectivity index is 1.73. The summed E-state index contributed by atoms with van der Waals surface area (Å²) in [5.74, 6) is 0.864. The number of thiophene rings is 1. The number of anilines is 1. The number of ether oxygens (including phenoxy) is 1. The molecule has 1 aliphatic carbocycles. The predicted molar refractivity (Wildman–Crippen MR) is 91.0 cm³/mol. The molecule has 2 aliphatic rings. The van der Waals surface area contributed by atoms with Gasteiger partial charge in [0.15, 0.2) is 0 Å². The molecule has 5 nitrogen and oxygen atoms in total. The van der Waals surface area contributed by atoms with Crippen LogP contribution in [0.5, 0.6) is 0 Å². The Hall–Kier alpha value is -1.69. The van der Waals surface area contributed by atoms with Gasteiger partial charge in [0.05, 0.1) is 18.4 Å². The molecule has 1 atom stereocenters. The lowest BCUT2D eigenvalue weighted by Crippen LogP contribution is -2.39. The van der Waals surface area contributed by atoms with Gasteiger partial charge in [0.2, 0.25) is 0 Å². The Morgan fingerprint density at radius 2 is 2.17 bits per heavy atom. The minimum absolute atomic E-state index is 0.0479. The Bertz CT molecular complexity index is 743. The third-order valence-corrected chi connectivity index (χ3v) is 6.19. The minimum atomic E-state index is -0.104. The zero-order valence-electron chi connectivity index (χ0n) is 13.4. The minimum Gasteiger partial charge on any atom is -0.469 e. The van der Waals surface area contributed by atoms with Crippen molar-refractivity contribution >= 4 is 33.3 Å². The molecule has 1 fully saturated rings. The molecule has 3 heterocycles. The molecule has 0 radical (unpaired) electrons. The second-order valence-electron chi connectivity index (χ2n) is 6.40. The van der Waals surface area contributed by atoms with Gasteiger partial charge in [0, 0.05) is 18.0 Å². The van der Waals surface area contributed by atoms with E-state index in [1.807, 2.05) is 11.3 Å². The second-order valence-corrected chi connectivity index (χ2v) is 7.48. The van der Waals surface area contributed by atoms with Gasteiger partial charge >= 0.3 is 5.97 Å². The first-order valence-electron chi connectivity index (χ1n) is 8.36. The number of aromatic nitrogens is 2. The zero-order chi connectivity index (χ0) is 15.8. The van der Waals surface area contributed by atoms with Crippen LogP contribution in [-0.2, 0) is 22.4 Å². The maximum absolute atomic E-state index is 11.9. The van der Waals surface area contributed by atoms with Gasteiger partial charge in [-0.15, -0.1) is 11.3 Å². The van der Waals surface area contributed by atoms with Crippen LogP contribution in [-0.4, -0.2) is 36.1 Å². The van der Waals surface area contributed by atoms with Gasteiger partial charge in [-0.05, 0) is 44.1 Å². The Morgan fingerprint density at radius 1 is 1.30 bits per heavy atom. The number of esters is 1. The lowest BCUT2D eigenvalue weighted by molar-refractivity contribution is -0.145. The third-order valence-electron chi connectivity index (χ3n) is 4.99. The van der Waals surface area contributed by atoms with Crippen LogP contribution in [0.15, 0.2) is 6.33 Å². The summed E-state index contributed by atoms with van der Waals surface area (Å²) in [6, 6.07) is 0. The van der Waals surface area contributed by atoms with E-state index in [1.165, 1.54) is 42.2 Å². The van der Waals surface area contributed by atoms with Crippen molar-refractivity contribution in [3.05, 3.63) is 16.8 Å². The van der Waals surface area contributed by atoms with E-state index in [9.17, 15) is 4.79 Å². The summed E-state index contributed by atoms with van der Waals surface area (Å²) >= 11 is 1.82. The molecule has 0 bridgehead atoms. The molecule has 0 saturated carbocycles. The number of piperidine rings is 1. The lowest BCUT2D eigenvalue weighted by Gasteiger charge is -2.32. The number of carbonyl (C=O) groups excluding carboxylic acids is 1. The van der Waals surface area contributed by atoms with Crippen molar-refractivity contribution in [3.8, 4) is 0 Å². The van der Waals surface area contributed by atoms with E-state index in [2.05, 4.69) is 14.9 Å². The molecule has 2 aromatic heterocycles. The fraction of sp³-hybridized carbons (Fsp3) is 0.588. The lowest BCUT2D eigenvalue weighted by atomic mass is 9.95. The predicted octanol–water partition coefficient (Wildman–Crippen LogP) is 2.96. The van der Waals surface area contributed by atoms with Crippen LogP contribution in [0.2, 0.25) is 0 Å². The third kappa shape index (κ3) is 2.59. The molecule has 0 spiro atoms. The fourth-order valence-electron chi connectivity index (χ4n) is 3.84. The maximum atomic E-state index is 11.9. The molecule has 0 amide bonds. The molecule has 0 N–H and O–H groups in total. The molecule has 122 valence electrons. The molecule has 1 saturated heterocycles. The van der Waals surface area contributed by atoms with Crippen molar-refractivity contribution in [3.63, 3.8) is 0 Å². The van der Waals surface area contributed by atoms with Crippen LogP contribution in [0.1, 0.15) is 36.1 Å². The number of nitrogens with zero attached hydrogens (tertiary/aromatic N) is 3. The number of hydrogen-bond acceptors (Lipinski definition) is 6. The monoisotopic (exact) mass is 331 g/mol. The first-order valence-corrected chi connectivity index (χ1v) is 9.17. The van der Waals surface area contributed by atoms with Gasteiger partial charge in [-0.3, -0.25) is 4.79 Å². The van der Waals surface area contributed by atoms with E-state index in [-0.39, 0.29) is 11.9 Å². The summed E-state index contributed by atoms with van der Waals surface area (Å²) in [5, 5.41) is 1.23. The summed E-state index contributed by atoms with van der Waals surface area (Å²) in [7, 11) is 1.47. The summed E-state index contributed by atoms with van der Waals surface area (Å²) in [4.78, 5) is 25.9. The van der Waals surface area contributed by atoms with E-state index in [0.29, 0.717) is 6.54 Å². The molecule has 0 unspecified atom stereocenters. The number of methoxy groups -OCH3 is 1. The van der Waals surface area contributed by atoms with E-state index >= 15 is 0 Å². The molecule has 0 aromatic carbocycles. The molecule has 2 aromatic rings. The summed E-state index contributed by atoms with van der Waals surface area (Å²) < 4.78 is 4.94. The normalized spacial score (nSPS) is 21.3. The molecule has 23 heavy (non-hydrogen) atoms. The van der Waals surface area contributed by atoms with Gasteiger partial charge < -0.3 is 9.64 Å². The van der Waals surface area contributed by atoms with Crippen molar-refractivity contribution in [2.45, 2.75) is 38.5 Å². The number of aryl methyl sites for hydroxylation is 2. The van der Waals surface area contributed by atoms with Crippen LogP contribution >= 0.6 is 11.3 Å². The van der Waals surface area contributed by atoms with Crippen LogP contribution in [0.25, 0.3) is 10.2 Å². The van der Waals surface area contributed by atoms with Gasteiger partial charge in [-0.1, -0.05) is 0 Å². The van der Waals surface area contributed by atoms with Crippen molar-refractivity contribution < 1.29 is 9.53 Å². The van der Waals surface area contributed by atoms with Crippen LogP contribution in [0.3, 0.4) is 0 Å². The van der Waals surface area contributed by atoms with Crippen LogP contribution in [0, 0.1) is 5.92 Å². The average Bonchev–Trinajstić information content (AvgIpc) is 2.99. The largest absolute Gasteiger partial charge is 0.469 e. The van der Waals surface area contributed by atoms with Crippen molar-refractivity contribution in [1.29, 1.82) is 0 Å². The highest BCUT2D eigenvalue weighted by molar-refractivity contribution is 7.19. The van der Waals surface area contributed by atoms with Gasteiger partial charge in [-0.2, -0.15) is 0 Å². The van der Waals surface area contributed by atoms with Gasteiger partial charge in [0.1, 0.15) is 17.0 Å².